The second-order valence-corrected chi connectivity index (χ2v) is 7.36. The van der Waals surface area contributed by atoms with Crippen LogP contribution in [0.1, 0.15) is 27.5 Å². The van der Waals surface area contributed by atoms with Gasteiger partial charge in [-0.05, 0) is 47.5 Å². The number of nitrogens with one attached hydrogen (secondary N) is 2. The molecule has 2 N–H and O–H groups in total. The Kier molecular flexibility index (Phi) is 6.22. The monoisotopic (exact) mass is 442 g/mol. The third kappa shape index (κ3) is 4.48. The number of ether oxygens (including phenoxy) is 2. The Morgan fingerprint density at radius 1 is 0.788 bits per heavy atom. The molecule has 7 nitrogen and oxygen atoms in total. The minimum Gasteiger partial charge on any atom is -0.497 e. The highest BCUT2D eigenvalue weighted by molar-refractivity contribution is 5.94. The Hall–Kier alpha value is -4.39. The van der Waals surface area contributed by atoms with Gasteiger partial charge in [0.15, 0.2) is 5.75 Å². The number of hydrogen-bond donors (Lipinski definition) is 2. The molecule has 166 valence electrons. The standard InChI is InChI=1S/C26H22N2O5/c1-32-20-13-11-16(12-14-20)21(28-26(31)17-7-4-3-5-8-17)18-9-6-10-19(15-18)27-22-23(29)24(30)25(22)33-2/h3-15,21,27H,1-2H3,(H,28,31). The molecule has 4 rings (SSSR count). The molecule has 0 aliphatic rings. The van der Waals surface area contributed by atoms with Gasteiger partial charge in [0.1, 0.15) is 11.4 Å². The highest BCUT2D eigenvalue weighted by atomic mass is 16.5. The van der Waals surface area contributed by atoms with Crippen LogP contribution in [-0.4, -0.2) is 20.1 Å². The molecule has 0 aliphatic heterocycles. The van der Waals surface area contributed by atoms with Gasteiger partial charge in [-0.2, -0.15) is 0 Å². The lowest BCUT2D eigenvalue weighted by Gasteiger charge is -2.21. The lowest BCUT2D eigenvalue weighted by molar-refractivity contribution is 0.0943. The van der Waals surface area contributed by atoms with Crippen LogP contribution in [0.4, 0.5) is 11.4 Å². The van der Waals surface area contributed by atoms with Crippen LogP contribution < -0.4 is 31.0 Å². The van der Waals surface area contributed by atoms with Crippen molar-refractivity contribution in [3.05, 3.63) is 116 Å². The number of anilines is 2. The topological polar surface area (TPSA) is 93.7 Å². The number of carbonyl (C=O) groups excluding carboxylic acids is 1. The summed E-state index contributed by atoms with van der Waals surface area (Å²) in [5.74, 6) is 0.489. The highest BCUT2D eigenvalue weighted by Gasteiger charge is 2.23. The highest BCUT2D eigenvalue weighted by Crippen LogP contribution is 2.29. The van der Waals surface area contributed by atoms with Gasteiger partial charge >= 0.3 is 0 Å². The molecule has 0 aromatic heterocycles. The van der Waals surface area contributed by atoms with Crippen molar-refractivity contribution >= 4 is 17.3 Å². The van der Waals surface area contributed by atoms with E-state index in [-0.39, 0.29) is 17.3 Å². The van der Waals surface area contributed by atoms with Crippen LogP contribution in [0, 0.1) is 0 Å². The fraction of sp³-hybridized carbons (Fsp3) is 0.115. The second-order valence-electron chi connectivity index (χ2n) is 7.36. The van der Waals surface area contributed by atoms with Gasteiger partial charge in [0.2, 0.25) is 0 Å². The first-order chi connectivity index (χ1) is 16.0. The van der Waals surface area contributed by atoms with Crippen LogP contribution >= 0.6 is 0 Å². The maximum atomic E-state index is 12.9. The lowest BCUT2D eigenvalue weighted by Crippen LogP contribution is -2.34. The third-order valence-corrected chi connectivity index (χ3v) is 5.32. The Balaban J connectivity index is 1.68. The number of amides is 1. The van der Waals surface area contributed by atoms with Crippen molar-refractivity contribution in [2.75, 3.05) is 19.5 Å². The lowest BCUT2D eigenvalue weighted by atomic mass is 9.97. The van der Waals surface area contributed by atoms with Gasteiger partial charge < -0.3 is 20.1 Å². The number of methoxy groups -OCH3 is 2. The third-order valence-electron chi connectivity index (χ3n) is 5.32. The molecule has 4 aromatic rings. The number of carbonyl (C=O) groups is 1. The molecule has 1 amide bonds. The second kappa shape index (κ2) is 9.40. The van der Waals surface area contributed by atoms with Crippen LogP contribution in [0.5, 0.6) is 11.5 Å². The Bertz CT molecular complexity index is 1340. The van der Waals surface area contributed by atoms with Gasteiger partial charge in [0.05, 0.1) is 20.3 Å². The molecule has 0 radical (unpaired) electrons. The molecule has 0 bridgehead atoms. The summed E-state index contributed by atoms with van der Waals surface area (Å²) in [5, 5.41) is 6.04. The average Bonchev–Trinajstić information content (AvgIpc) is 2.87. The minimum absolute atomic E-state index is 0.00879. The molecule has 1 atom stereocenters. The maximum Gasteiger partial charge on any atom is 0.272 e. The van der Waals surface area contributed by atoms with Gasteiger partial charge in [-0.25, -0.2) is 0 Å². The van der Waals surface area contributed by atoms with Gasteiger partial charge in [0.25, 0.3) is 16.8 Å². The Morgan fingerprint density at radius 3 is 2.18 bits per heavy atom. The van der Waals surface area contributed by atoms with E-state index < -0.39 is 16.9 Å². The van der Waals surface area contributed by atoms with Crippen LogP contribution in [0.25, 0.3) is 0 Å². The van der Waals surface area contributed by atoms with Gasteiger partial charge in [-0.1, -0.05) is 42.5 Å². The van der Waals surface area contributed by atoms with Crippen molar-refractivity contribution in [2.45, 2.75) is 6.04 Å². The molecule has 0 saturated carbocycles. The van der Waals surface area contributed by atoms with Crippen molar-refractivity contribution in [1.82, 2.24) is 5.32 Å². The molecule has 1 unspecified atom stereocenters. The Morgan fingerprint density at radius 2 is 1.52 bits per heavy atom. The van der Waals surface area contributed by atoms with E-state index in [4.69, 9.17) is 9.47 Å². The first kappa shape index (κ1) is 21.8. The molecular weight excluding hydrogens is 420 g/mol. The molecule has 4 aromatic carbocycles. The van der Waals surface area contributed by atoms with Gasteiger partial charge in [0, 0.05) is 11.3 Å². The zero-order chi connectivity index (χ0) is 23.4. The predicted octanol–water partition coefficient (Wildman–Crippen LogP) is 3.56. The van der Waals surface area contributed by atoms with Crippen molar-refractivity contribution in [1.29, 1.82) is 0 Å². The van der Waals surface area contributed by atoms with E-state index in [9.17, 15) is 14.4 Å². The van der Waals surface area contributed by atoms with Crippen molar-refractivity contribution < 1.29 is 14.3 Å². The summed E-state index contributed by atoms with van der Waals surface area (Å²) in [6.07, 6.45) is 0. The van der Waals surface area contributed by atoms with E-state index in [1.165, 1.54) is 7.11 Å². The summed E-state index contributed by atoms with van der Waals surface area (Å²) < 4.78 is 10.3. The normalized spacial score (nSPS) is 11.6. The predicted molar refractivity (Wildman–Crippen MR) is 126 cm³/mol. The fourth-order valence-corrected chi connectivity index (χ4v) is 3.58. The number of benzene rings is 3. The summed E-state index contributed by atoms with van der Waals surface area (Å²) in [6.45, 7) is 0. The molecule has 0 aliphatic carbocycles. The van der Waals surface area contributed by atoms with Crippen LogP contribution in [0.2, 0.25) is 0 Å². The van der Waals surface area contributed by atoms with E-state index in [2.05, 4.69) is 10.6 Å². The number of rotatable bonds is 8. The zero-order valence-corrected chi connectivity index (χ0v) is 18.1. The molecule has 0 heterocycles. The number of hydrogen-bond acceptors (Lipinski definition) is 6. The first-order valence-corrected chi connectivity index (χ1v) is 10.3. The van der Waals surface area contributed by atoms with Crippen LogP contribution in [0.3, 0.4) is 0 Å². The van der Waals surface area contributed by atoms with E-state index >= 15 is 0 Å². The SMILES string of the molecule is COc1ccc(C(NC(=O)c2ccccc2)c2cccc(Nc3c(OC)c(=O)c3=O)c2)cc1. The molecule has 0 fully saturated rings. The van der Waals surface area contributed by atoms with E-state index in [1.807, 2.05) is 42.5 Å². The molecule has 7 heteroatoms. The van der Waals surface area contributed by atoms with E-state index in [0.717, 1.165) is 11.1 Å². The summed E-state index contributed by atoms with van der Waals surface area (Å²) in [5.41, 5.74) is 1.61. The van der Waals surface area contributed by atoms with Crippen molar-refractivity contribution in [3.63, 3.8) is 0 Å². The van der Waals surface area contributed by atoms with Crippen LogP contribution in [-0.2, 0) is 0 Å². The summed E-state index contributed by atoms with van der Waals surface area (Å²) in [7, 11) is 2.94. The minimum atomic E-state index is -0.651. The average molecular weight is 442 g/mol. The van der Waals surface area contributed by atoms with E-state index in [1.54, 1.807) is 43.5 Å². The zero-order valence-electron chi connectivity index (χ0n) is 18.1. The Labute approximate surface area is 190 Å². The smallest absolute Gasteiger partial charge is 0.272 e. The summed E-state index contributed by atoms with van der Waals surface area (Å²) in [6, 6.07) is 23.2. The molecule has 0 spiro atoms. The maximum absolute atomic E-state index is 12.9. The largest absolute Gasteiger partial charge is 0.497 e. The molecular formula is C26H22N2O5. The summed E-state index contributed by atoms with van der Waals surface area (Å²) in [4.78, 5) is 36.5. The van der Waals surface area contributed by atoms with Crippen molar-refractivity contribution in [2.24, 2.45) is 0 Å². The fourth-order valence-electron chi connectivity index (χ4n) is 3.58. The van der Waals surface area contributed by atoms with Crippen molar-refractivity contribution in [3.8, 4) is 11.5 Å². The van der Waals surface area contributed by atoms with Crippen LogP contribution in [0.15, 0.2) is 88.5 Å². The quantitative estimate of drug-likeness (QED) is 0.405. The molecule has 0 saturated heterocycles. The van der Waals surface area contributed by atoms with E-state index in [0.29, 0.717) is 17.0 Å². The first-order valence-electron chi connectivity index (χ1n) is 10.3. The summed E-state index contributed by atoms with van der Waals surface area (Å²) >= 11 is 0. The molecule has 33 heavy (non-hydrogen) atoms. The van der Waals surface area contributed by atoms with Gasteiger partial charge in [-0.3, -0.25) is 14.4 Å². The van der Waals surface area contributed by atoms with Gasteiger partial charge in [-0.15, -0.1) is 0 Å².